The van der Waals surface area contributed by atoms with E-state index in [1.165, 1.54) is 5.69 Å². The van der Waals surface area contributed by atoms with Crippen LogP contribution in [-0.4, -0.2) is 41.6 Å². The van der Waals surface area contributed by atoms with Gasteiger partial charge in [-0.25, -0.2) is 4.31 Å². The maximum atomic E-state index is 10.8. The molecule has 2 aromatic carbocycles. The molecule has 1 N–H and O–H groups in total. The molecule has 6 heteroatoms. The number of anilines is 1. The molecule has 1 fully saturated rings. The fraction of sp³-hybridized carbons (Fsp3) is 0.278. The Morgan fingerprint density at radius 1 is 1.08 bits per heavy atom. The van der Waals surface area contributed by atoms with Gasteiger partial charge in [-0.05, 0) is 53.9 Å². The largest absolute Gasteiger partial charge is 0.481 e. The van der Waals surface area contributed by atoms with Gasteiger partial charge in [-0.3, -0.25) is 4.79 Å². The van der Waals surface area contributed by atoms with Gasteiger partial charge in [0.05, 0.1) is 6.42 Å². The van der Waals surface area contributed by atoms with Crippen LogP contribution in [0.2, 0.25) is 5.02 Å². The van der Waals surface area contributed by atoms with Crippen LogP contribution in [0.4, 0.5) is 5.69 Å². The maximum absolute atomic E-state index is 10.8. The Morgan fingerprint density at radius 2 is 1.79 bits per heavy atom. The average Bonchev–Trinajstić information content (AvgIpc) is 2.56. The predicted molar refractivity (Wildman–Crippen MR) is 98.9 cm³/mol. The predicted octanol–water partition coefficient (Wildman–Crippen LogP) is 3.80. The standard InChI is InChI=1S/C18H19ClN2O2S/c19-15-4-6-16(7-5-15)20-8-10-21(11-9-20)24-17-3-1-2-14(12-17)13-18(22)23/h1-7,12H,8-11,13H2,(H,22,23). The minimum Gasteiger partial charge on any atom is -0.481 e. The Hall–Kier alpha value is -1.69. The number of carbonyl (C=O) groups is 1. The Kier molecular flexibility index (Phi) is 5.66. The van der Waals surface area contributed by atoms with Gasteiger partial charge < -0.3 is 10.0 Å². The van der Waals surface area contributed by atoms with Crippen LogP contribution in [0.1, 0.15) is 5.56 Å². The summed E-state index contributed by atoms with van der Waals surface area (Å²) in [7, 11) is 0. The second kappa shape index (κ2) is 7.92. The van der Waals surface area contributed by atoms with E-state index in [0.717, 1.165) is 41.7 Å². The first kappa shape index (κ1) is 17.1. The molecule has 0 unspecified atom stereocenters. The van der Waals surface area contributed by atoms with Crippen molar-refractivity contribution in [2.24, 2.45) is 0 Å². The highest BCUT2D eigenvalue weighted by Crippen LogP contribution is 2.27. The number of nitrogens with zero attached hydrogens (tertiary/aromatic N) is 2. The molecule has 0 amide bonds. The number of piperazine rings is 1. The molecular formula is C18H19ClN2O2S. The highest BCUT2D eigenvalue weighted by molar-refractivity contribution is 7.97. The van der Waals surface area contributed by atoms with Crippen molar-refractivity contribution in [3.63, 3.8) is 0 Å². The number of carboxylic acids is 1. The first-order valence-electron chi connectivity index (χ1n) is 7.84. The van der Waals surface area contributed by atoms with E-state index in [0.29, 0.717) is 0 Å². The van der Waals surface area contributed by atoms with Gasteiger partial charge in [0.25, 0.3) is 0 Å². The van der Waals surface area contributed by atoms with Crippen LogP contribution in [-0.2, 0) is 11.2 Å². The van der Waals surface area contributed by atoms with E-state index in [1.807, 2.05) is 36.4 Å². The van der Waals surface area contributed by atoms with Crippen LogP contribution in [0.15, 0.2) is 53.4 Å². The van der Waals surface area contributed by atoms with Gasteiger partial charge in [0.15, 0.2) is 0 Å². The normalized spacial score (nSPS) is 15.5. The molecule has 126 valence electrons. The number of hydrogen-bond acceptors (Lipinski definition) is 4. The number of aliphatic carboxylic acids is 1. The summed E-state index contributed by atoms with van der Waals surface area (Å²) in [6.45, 7) is 3.83. The van der Waals surface area contributed by atoms with E-state index < -0.39 is 5.97 Å². The molecule has 2 aromatic rings. The first-order valence-corrected chi connectivity index (χ1v) is 8.99. The summed E-state index contributed by atoms with van der Waals surface area (Å²) in [5.41, 5.74) is 2.04. The second-order valence-corrected chi connectivity index (χ2v) is 7.31. The molecule has 0 spiro atoms. The SMILES string of the molecule is O=C(O)Cc1cccc(SN2CCN(c3ccc(Cl)cc3)CC2)c1. The van der Waals surface area contributed by atoms with Crippen LogP contribution in [0, 0.1) is 0 Å². The lowest BCUT2D eigenvalue weighted by Crippen LogP contribution is -2.43. The molecule has 0 aromatic heterocycles. The molecular weight excluding hydrogens is 344 g/mol. The van der Waals surface area contributed by atoms with Gasteiger partial charge in [0.2, 0.25) is 0 Å². The number of hydrogen-bond donors (Lipinski definition) is 1. The molecule has 24 heavy (non-hydrogen) atoms. The van der Waals surface area contributed by atoms with E-state index in [2.05, 4.69) is 21.3 Å². The molecule has 0 bridgehead atoms. The molecule has 1 saturated heterocycles. The molecule has 4 nitrogen and oxygen atoms in total. The Bertz CT molecular complexity index is 700. The molecule has 1 heterocycles. The Balaban J connectivity index is 1.55. The topological polar surface area (TPSA) is 43.8 Å². The van der Waals surface area contributed by atoms with Crippen molar-refractivity contribution in [1.29, 1.82) is 0 Å². The van der Waals surface area contributed by atoms with Gasteiger partial charge in [-0.1, -0.05) is 23.7 Å². The van der Waals surface area contributed by atoms with Crippen molar-refractivity contribution < 1.29 is 9.90 Å². The maximum Gasteiger partial charge on any atom is 0.307 e. The highest BCUT2D eigenvalue weighted by atomic mass is 35.5. The zero-order chi connectivity index (χ0) is 16.9. The van der Waals surface area contributed by atoms with Crippen LogP contribution >= 0.6 is 23.5 Å². The van der Waals surface area contributed by atoms with Gasteiger partial charge >= 0.3 is 5.97 Å². The van der Waals surface area contributed by atoms with Crippen LogP contribution < -0.4 is 4.90 Å². The monoisotopic (exact) mass is 362 g/mol. The summed E-state index contributed by atoms with van der Waals surface area (Å²) in [4.78, 5) is 14.3. The molecule has 1 aliphatic heterocycles. The summed E-state index contributed by atoms with van der Waals surface area (Å²) in [6.07, 6.45) is 0.0682. The van der Waals surface area contributed by atoms with E-state index in [1.54, 1.807) is 11.9 Å². The third-order valence-corrected chi connectivity index (χ3v) is 5.26. The third kappa shape index (κ3) is 4.66. The van der Waals surface area contributed by atoms with Gasteiger partial charge in [-0.15, -0.1) is 0 Å². The highest BCUT2D eigenvalue weighted by Gasteiger charge is 2.18. The molecule has 0 radical (unpaired) electrons. The van der Waals surface area contributed by atoms with Crippen molar-refractivity contribution in [2.45, 2.75) is 11.3 Å². The summed E-state index contributed by atoms with van der Waals surface area (Å²) < 4.78 is 2.33. The number of rotatable bonds is 5. The number of benzene rings is 2. The quantitative estimate of drug-likeness (QED) is 0.819. The first-order chi connectivity index (χ1) is 11.6. The fourth-order valence-corrected chi connectivity index (χ4v) is 3.84. The average molecular weight is 363 g/mol. The molecule has 0 aliphatic carbocycles. The lowest BCUT2D eigenvalue weighted by Gasteiger charge is -2.35. The second-order valence-electron chi connectivity index (χ2n) is 5.70. The van der Waals surface area contributed by atoms with E-state index in [-0.39, 0.29) is 6.42 Å². The minimum absolute atomic E-state index is 0.0682. The third-order valence-electron chi connectivity index (χ3n) is 3.92. The van der Waals surface area contributed by atoms with Gasteiger partial charge in [-0.2, -0.15) is 0 Å². The van der Waals surface area contributed by atoms with Crippen molar-refractivity contribution in [2.75, 3.05) is 31.1 Å². The summed E-state index contributed by atoms with van der Waals surface area (Å²) in [6, 6.07) is 15.7. The molecule has 3 rings (SSSR count). The molecule has 0 atom stereocenters. The zero-order valence-electron chi connectivity index (χ0n) is 13.2. The lowest BCUT2D eigenvalue weighted by atomic mass is 10.2. The lowest BCUT2D eigenvalue weighted by molar-refractivity contribution is -0.136. The van der Waals surface area contributed by atoms with Gasteiger partial charge in [0, 0.05) is 41.8 Å². The van der Waals surface area contributed by atoms with Crippen molar-refractivity contribution >= 4 is 35.2 Å². The Morgan fingerprint density at radius 3 is 2.46 bits per heavy atom. The summed E-state index contributed by atoms with van der Waals surface area (Å²) in [5.74, 6) is -0.797. The van der Waals surface area contributed by atoms with E-state index >= 15 is 0 Å². The van der Waals surface area contributed by atoms with Crippen LogP contribution in [0.25, 0.3) is 0 Å². The van der Waals surface area contributed by atoms with Crippen molar-refractivity contribution in [3.8, 4) is 0 Å². The fourth-order valence-electron chi connectivity index (χ4n) is 2.73. The van der Waals surface area contributed by atoms with E-state index in [4.69, 9.17) is 16.7 Å². The van der Waals surface area contributed by atoms with Gasteiger partial charge in [0.1, 0.15) is 0 Å². The minimum atomic E-state index is -0.797. The van der Waals surface area contributed by atoms with Crippen molar-refractivity contribution in [3.05, 3.63) is 59.1 Å². The smallest absolute Gasteiger partial charge is 0.307 e. The van der Waals surface area contributed by atoms with E-state index in [9.17, 15) is 4.79 Å². The molecule has 1 aliphatic rings. The summed E-state index contributed by atoms with van der Waals surface area (Å²) >= 11 is 7.64. The summed E-state index contributed by atoms with van der Waals surface area (Å²) in [5, 5.41) is 9.66. The molecule has 0 saturated carbocycles. The number of halogens is 1. The Labute approximate surface area is 151 Å². The van der Waals surface area contributed by atoms with Crippen molar-refractivity contribution in [1.82, 2.24) is 4.31 Å². The van der Waals surface area contributed by atoms with Crippen LogP contribution in [0.3, 0.4) is 0 Å². The zero-order valence-corrected chi connectivity index (χ0v) is 14.8. The number of carboxylic acid groups (broad SMARTS) is 1. The van der Waals surface area contributed by atoms with Crippen LogP contribution in [0.5, 0.6) is 0 Å².